The second kappa shape index (κ2) is 56.1. The van der Waals surface area contributed by atoms with E-state index < -0.39 is 97.5 Å². The molecule has 5 atom stereocenters. The minimum absolute atomic E-state index is 0.103. The van der Waals surface area contributed by atoms with Crippen molar-refractivity contribution in [1.29, 1.82) is 0 Å². The van der Waals surface area contributed by atoms with Crippen LogP contribution >= 0.6 is 15.6 Å². The molecule has 19 heteroatoms. The van der Waals surface area contributed by atoms with Gasteiger partial charge in [0.15, 0.2) is 12.2 Å². The van der Waals surface area contributed by atoms with E-state index in [4.69, 9.17) is 37.0 Å². The van der Waals surface area contributed by atoms with Gasteiger partial charge in [-0.05, 0) is 49.4 Å². The number of esters is 4. The van der Waals surface area contributed by atoms with Gasteiger partial charge in [-0.1, -0.05) is 267 Å². The normalized spacial score (nSPS) is 14.4. The van der Waals surface area contributed by atoms with E-state index in [0.717, 1.165) is 114 Å². The summed E-state index contributed by atoms with van der Waals surface area (Å²) in [6.45, 7) is 14.0. The Labute approximate surface area is 517 Å². The van der Waals surface area contributed by atoms with Gasteiger partial charge in [-0.15, -0.1) is 0 Å². The maximum absolute atomic E-state index is 13.0. The molecule has 0 aromatic rings. The first-order chi connectivity index (χ1) is 40.6. The summed E-state index contributed by atoms with van der Waals surface area (Å²) in [5, 5.41) is 10.5. The summed E-state index contributed by atoms with van der Waals surface area (Å²) >= 11 is 0. The molecular weight excluding hydrogens is 1130 g/mol. The van der Waals surface area contributed by atoms with Crippen molar-refractivity contribution in [2.75, 3.05) is 39.6 Å². The minimum atomic E-state index is -4.95. The number of unbranched alkanes of at least 4 members (excludes halogenated alkanes) is 29. The summed E-state index contributed by atoms with van der Waals surface area (Å²) in [6.07, 6.45) is 36.4. The number of aliphatic hydroxyl groups excluding tert-OH is 1. The molecule has 0 heterocycles. The fourth-order valence-electron chi connectivity index (χ4n) is 9.78. The minimum Gasteiger partial charge on any atom is -0.462 e. The number of carbonyl (C=O) groups excluding carboxylic acids is 4. The van der Waals surface area contributed by atoms with Gasteiger partial charge in [0.2, 0.25) is 0 Å². The van der Waals surface area contributed by atoms with E-state index in [-0.39, 0.29) is 25.7 Å². The lowest BCUT2D eigenvalue weighted by atomic mass is 10.0. The summed E-state index contributed by atoms with van der Waals surface area (Å²) in [7, 11) is -9.89. The molecule has 0 saturated heterocycles. The van der Waals surface area contributed by atoms with Crippen molar-refractivity contribution in [2.45, 2.75) is 337 Å². The molecule has 0 aromatic heterocycles. The molecule has 0 saturated carbocycles. The SMILES string of the molecule is CC(C)CCCCCCCCCCCCCC(=O)O[C@H](COC(=O)CCCCCCCCC(C)C)COP(=O)(O)OCC(O)COP(=O)(O)OC[C@@H](COC(=O)CCCCCCCCCCC(C)C)OC(=O)CCCCCCCCCCC(C)C. The highest BCUT2D eigenvalue weighted by atomic mass is 31.2. The Kier molecular flexibility index (Phi) is 54.8. The summed E-state index contributed by atoms with van der Waals surface area (Å²) in [5.74, 6) is 0.751. The number of rotatable bonds is 63. The molecule has 0 amide bonds. The number of aliphatic hydroxyl groups is 1. The van der Waals surface area contributed by atoms with Gasteiger partial charge < -0.3 is 33.8 Å². The Hall–Kier alpha value is -1.94. The Morgan fingerprint density at radius 1 is 0.294 bits per heavy atom. The molecule has 0 aromatic carbocycles. The fourth-order valence-corrected chi connectivity index (χ4v) is 11.4. The molecule has 0 bridgehead atoms. The number of phosphoric acid groups is 2. The van der Waals surface area contributed by atoms with E-state index in [0.29, 0.717) is 31.6 Å². The van der Waals surface area contributed by atoms with Crippen LogP contribution in [0, 0.1) is 23.7 Å². The van der Waals surface area contributed by atoms with E-state index >= 15 is 0 Å². The zero-order valence-electron chi connectivity index (χ0n) is 55.2. The standard InChI is InChI=1S/C66H128O17P2/c1-56(2)42-34-26-18-12-10-9-11-13-22-32-40-48-65(70)82-62(53-77-64(69)47-39-31-25-24-29-37-45-59(7)8)55-81-85(74,75)79-51-60(67)50-78-84(72,73)80-54-61(83-66(71)49-41-33-23-17-15-20-28-36-44-58(5)6)52-76-63(68)46-38-30-21-16-14-19-27-35-43-57(3)4/h56-62,67H,9-55H2,1-8H3,(H,72,73)(H,74,75)/t60?,61-,62-/m1/s1. The molecule has 0 rings (SSSR count). The lowest BCUT2D eigenvalue weighted by Gasteiger charge is -2.21. The van der Waals surface area contributed by atoms with Gasteiger partial charge in [-0.3, -0.25) is 37.3 Å². The maximum Gasteiger partial charge on any atom is 0.472 e. The van der Waals surface area contributed by atoms with Crippen molar-refractivity contribution in [3.8, 4) is 0 Å². The molecule has 504 valence electrons. The van der Waals surface area contributed by atoms with Gasteiger partial charge >= 0.3 is 39.5 Å². The van der Waals surface area contributed by atoms with Gasteiger partial charge in [-0.25, -0.2) is 9.13 Å². The van der Waals surface area contributed by atoms with Crippen LogP contribution in [0.4, 0.5) is 0 Å². The maximum atomic E-state index is 13.0. The lowest BCUT2D eigenvalue weighted by Crippen LogP contribution is -2.30. The van der Waals surface area contributed by atoms with Gasteiger partial charge in [0.1, 0.15) is 19.3 Å². The van der Waals surface area contributed by atoms with Crippen LogP contribution in [0.3, 0.4) is 0 Å². The molecule has 0 aliphatic rings. The Balaban J connectivity index is 5.24. The van der Waals surface area contributed by atoms with Gasteiger partial charge in [0.25, 0.3) is 0 Å². The quantitative estimate of drug-likeness (QED) is 0.0222. The smallest absolute Gasteiger partial charge is 0.462 e. The highest BCUT2D eigenvalue weighted by Gasteiger charge is 2.30. The molecule has 85 heavy (non-hydrogen) atoms. The van der Waals surface area contributed by atoms with E-state index in [9.17, 15) is 43.2 Å². The first-order valence-corrected chi connectivity index (χ1v) is 37.2. The van der Waals surface area contributed by atoms with Crippen LogP contribution in [0.5, 0.6) is 0 Å². The van der Waals surface area contributed by atoms with E-state index in [1.807, 2.05) is 0 Å². The number of ether oxygens (including phenoxy) is 4. The van der Waals surface area contributed by atoms with Crippen LogP contribution in [0.2, 0.25) is 0 Å². The summed E-state index contributed by atoms with van der Waals surface area (Å²) in [4.78, 5) is 72.3. The third-order valence-corrected chi connectivity index (χ3v) is 17.0. The third kappa shape index (κ3) is 60.7. The number of phosphoric ester groups is 2. The number of hydrogen-bond donors (Lipinski definition) is 3. The van der Waals surface area contributed by atoms with E-state index in [2.05, 4.69) is 55.4 Å². The van der Waals surface area contributed by atoms with Crippen molar-refractivity contribution < 1.29 is 80.2 Å². The Bertz CT molecular complexity index is 1700. The lowest BCUT2D eigenvalue weighted by molar-refractivity contribution is -0.161. The highest BCUT2D eigenvalue weighted by molar-refractivity contribution is 7.47. The van der Waals surface area contributed by atoms with Crippen LogP contribution in [0.1, 0.15) is 319 Å². The summed E-state index contributed by atoms with van der Waals surface area (Å²) in [6, 6.07) is 0. The first kappa shape index (κ1) is 83.1. The van der Waals surface area contributed by atoms with Crippen LogP contribution in [0.15, 0.2) is 0 Å². The van der Waals surface area contributed by atoms with Crippen molar-refractivity contribution in [1.82, 2.24) is 0 Å². The van der Waals surface area contributed by atoms with Crippen LogP contribution in [-0.4, -0.2) is 96.7 Å². The zero-order valence-corrected chi connectivity index (χ0v) is 57.0. The topological polar surface area (TPSA) is 237 Å². The van der Waals surface area contributed by atoms with Gasteiger partial charge in [0, 0.05) is 25.7 Å². The van der Waals surface area contributed by atoms with Crippen LogP contribution in [0.25, 0.3) is 0 Å². The van der Waals surface area contributed by atoms with Crippen LogP contribution < -0.4 is 0 Å². The number of hydrogen-bond acceptors (Lipinski definition) is 15. The van der Waals surface area contributed by atoms with Gasteiger partial charge in [-0.2, -0.15) is 0 Å². The third-order valence-electron chi connectivity index (χ3n) is 15.1. The second-order valence-corrected chi connectivity index (χ2v) is 28.7. The predicted octanol–water partition coefficient (Wildman–Crippen LogP) is 18.1. The van der Waals surface area contributed by atoms with E-state index in [1.54, 1.807) is 0 Å². The van der Waals surface area contributed by atoms with Crippen LogP contribution in [-0.2, 0) is 65.4 Å². The van der Waals surface area contributed by atoms with E-state index in [1.165, 1.54) is 116 Å². The highest BCUT2D eigenvalue weighted by Crippen LogP contribution is 2.45. The Morgan fingerprint density at radius 2 is 0.494 bits per heavy atom. The average molecular weight is 1260 g/mol. The monoisotopic (exact) mass is 1250 g/mol. The molecular formula is C66H128O17P2. The van der Waals surface area contributed by atoms with Crippen molar-refractivity contribution in [2.24, 2.45) is 23.7 Å². The molecule has 3 N–H and O–H groups in total. The average Bonchev–Trinajstić information content (AvgIpc) is 3.55. The molecule has 17 nitrogen and oxygen atoms in total. The van der Waals surface area contributed by atoms with Crippen molar-refractivity contribution in [3.05, 3.63) is 0 Å². The summed E-state index contributed by atoms with van der Waals surface area (Å²) in [5.41, 5.74) is 0. The Morgan fingerprint density at radius 3 is 0.729 bits per heavy atom. The number of carbonyl (C=O) groups is 4. The second-order valence-electron chi connectivity index (χ2n) is 25.8. The summed E-state index contributed by atoms with van der Waals surface area (Å²) < 4.78 is 68.1. The molecule has 3 unspecified atom stereocenters. The van der Waals surface area contributed by atoms with Crippen molar-refractivity contribution >= 4 is 39.5 Å². The first-order valence-electron chi connectivity index (χ1n) is 34.2. The predicted molar refractivity (Wildman–Crippen MR) is 340 cm³/mol. The molecule has 0 aliphatic heterocycles. The fraction of sp³-hybridized carbons (Fsp3) is 0.939. The molecule has 0 aliphatic carbocycles. The largest absolute Gasteiger partial charge is 0.472 e. The molecule has 0 radical (unpaired) electrons. The molecule has 0 fully saturated rings. The van der Waals surface area contributed by atoms with Crippen molar-refractivity contribution in [3.63, 3.8) is 0 Å². The molecule has 0 spiro atoms. The van der Waals surface area contributed by atoms with Gasteiger partial charge in [0.05, 0.1) is 26.4 Å². The zero-order chi connectivity index (χ0) is 63.2.